The van der Waals surface area contributed by atoms with Gasteiger partial charge in [0, 0.05) is 10.7 Å². The smallest absolute Gasteiger partial charge is 0.343 e. The van der Waals surface area contributed by atoms with E-state index in [0.717, 1.165) is 5.56 Å². The van der Waals surface area contributed by atoms with Crippen molar-refractivity contribution in [2.75, 3.05) is 12.4 Å². The number of aryl methyl sites for hydroxylation is 1. The van der Waals surface area contributed by atoms with Crippen LogP contribution >= 0.6 is 11.6 Å². The SMILES string of the molecule is COc1cccc(C(=O)Oc2cccc(C=NNC(=O)C(=O)Nc3ccc(C)c(Cl)c3)c2)c1. The molecule has 0 spiro atoms. The third-order valence-corrected chi connectivity index (χ3v) is 4.80. The molecule has 0 aliphatic carbocycles. The lowest BCUT2D eigenvalue weighted by atomic mass is 10.2. The molecule has 0 heterocycles. The highest BCUT2D eigenvalue weighted by Gasteiger charge is 2.13. The Labute approximate surface area is 195 Å². The number of nitrogens with zero attached hydrogens (tertiary/aromatic N) is 1. The van der Waals surface area contributed by atoms with Gasteiger partial charge in [0.25, 0.3) is 0 Å². The zero-order valence-electron chi connectivity index (χ0n) is 17.8. The number of halogens is 1. The summed E-state index contributed by atoms with van der Waals surface area (Å²) in [5.41, 5.74) is 4.25. The Morgan fingerprint density at radius 3 is 2.45 bits per heavy atom. The summed E-state index contributed by atoms with van der Waals surface area (Å²) in [6.45, 7) is 1.82. The summed E-state index contributed by atoms with van der Waals surface area (Å²) < 4.78 is 10.5. The van der Waals surface area contributed by atoms with E-state index in [2.05, 4.69) is 15.8 Å². The maximum Gasteiger partial charge on any atom is 0.343 e. The summed E-state index contributed by atoms with van der Waals surface area (Å²) in [4.78, 5) is 36.3. The number of nitrogens with one attached hydrogen (secondary N) is 2. The van der Waals surface area contributed by atoms with E-state index < -0.39 is 17.8 Å². The third-order valence-electron chi connectivity index (χ3n) is 4.39. The number of carbonyl (C=O) groups excluding carboxylic acids is 3. The molecule has 0 aliphatic rings. The molecule has 3 aromatic rings. The molecular formula is C24H20ClN3O5. The van der Waals surface area contributed by atoms with E-state index in [1.165, 1.54) is 13.3 Å². The van der Waals surface area contributed by atoms with Crippen LogP contribution in [0.4, 0.5) is 5.69 Å². The largest absolute Gasteiger partial charge is 0.497 e. The van der Waals surface area contributed by atoms with Crippen LogP contribution in [0.2, 0.25) is 5.02 Å². The van der Waals surface area contributed by atoms with E-state index in [0.29, 0.717) is 27.6 Å². The molecule has 2 amide bonds. The molecule has 0 aromatic heterocycles. The first-order valence-electron chi connectivity index (χ1n) is 9.72. The van der Waals surface area contributed by atoms with E-state index in [-0.39, 0.29) is 5.75 Å². The van der Waals surface area contributed by atoms with Gasteiger partial charge in [-0.25, -0.2) is 10.2 Å². The van der Waals surface area contributed by atoms with Crippen LogP contribution in [0.1, 0.15) is 21.5 Å². The first-order valence-corrected chi connectivity index (χ1v) is 10.1. The van der Waals surface area contributed by atoms with Crippen LogP contribution in [-0.4, -0.2) is 31.1 Å². The van der Waals surface area contributed by atoms with E-state index in [9.17, 15) is 14.4 Å². The first-order chi connectivity index (χ1) is 15.9. The number of amides is 2. The Morgan fingerprint density at radius 2 is 1.70 bits per heavy atom. The lowest BCUT2D eigenvalue weighted by molar-refractivity contribution is -0.136. The number of ether oxygens (including phenoxy) is 2. The van der Waals surface area contributed by atoms with Crippen molar-refractivity contribution in [1.82, 2.24) is 5.43 Å². The fraction of sp³-hybridized carbons (Fsp3) is 0.0833. The second-order valence-corrected chi connectivity index (χ2v) is 7.22. The highest BCUT2D eigenvalue weighted by Crippen LogP contribution is 2.20. The van der Waals surface area contributed by atoms with Gasteiger partial charge in [-0.05, 0) is 60.5 Å². The Balaban J connectivity index is 1.57. The van der Waals surface area contributed by atoms with Crippen molar-refractivity contribution in [2.45, 2.75) is 6.92 Å². The summed E-state index contributed by atoms with van der Waals surface area (Å²) in [5.74, 6) is -1.58. The van der Waals surface area contributed by atoms with E-state index in [1.807, 2.05) is 6.92 Å². The number of hydrogen-bond acceptors (Lipinski definition) is 6. The zero-order chi connectivity index (χ0) is 23.8. The second-order valence-electron chi connectivity index (χ2n) is 6.81. The molecule has 0 saturated carbocycles. The Bertz CT molecular complexity index is 1230. The van der Waals surface area contributed by atoms with E-state index in [4.69, 9.17) is 21.1 Å². The minimum absolute atomic E-state index is 0.284. The van der Waals surface area contributed by atoms with Gasteiger partial charge in [-0.2, -0.15) is 5.10 Å². The molecule has 3 rings (SSSR count). The van der Waals surface area contributed by atoms with Gasteiger partial charge < -0.3 is 14.8 Å². The number of methoxy groups -OCH3 is 1. The molecule has 0 fully saturated rings. The molecule has 3 aromatic carbocycles. The number of hydrazone groups is 1. The molecule has 0 bridgehead atoms. The number of benzene rings is 3. The molecule has 0 radical (unpaired) electrons. The fourth-order valence-electron chi connectivity index (χ4n) is 2.65. The zero-order valence-corrected chi connectivity index (χ0v) is 18.6. The number of hydrogen-bond donors (Lipinski definition) is 2. The van der Waals surface area contributed by atoms with Crippen LogP contribution in [-0.2, 0) is 9.59 Å². The summed E-state index contributed by atoms with van der Waals surface area (Å²) >= 11 is 6.01. The standard InChI is InChI=1S/C24H20ClN3O5/c1-15-9-10-18(13-21(15)25)27-22(29)23(30)28-26-14-16-5-3-8-20(11-16)33-24(31)17-6-4-7-19(12-17)32-2/h3-14H,1-2H3,(H,27,29)(H,28,30). The summed E-state index contributed by atoms with van der Waals surface area (Å²) in [6.07, 6.45) is 1.32. The predicted octanol–water partition coefficient (Wildman–Crippen LogP) is 3.97. The van der Waals surface area contributed by atoms with Crippen LogP contribution in [0.5, 0.6) is 11.5 Å². The molecule has 2 N–H and O–H groups in total. The van der Waals surface area contributed by atoms with Gasteiger partial charge in [0.1, 0.15) is 11.5 Å². The van der Waals surface area contributed by atoms with Crippen molar-refractivity contribution in [3.05, 3.63) is 88.4 Å². The minimum atomic E-state index is -0.955. The lowest BCUT2D eigenvalue weighted by Gasteiger charge is -2.07. The van der Waals surface area contributed by atoms with Crippen molar-refractivity contribution >= 4 is 41.3 Å². The number of esters is 1. The fourth-order valence-corrected chi connectivity index (χ4v) is 2.83. The molecular weight excluding hydrogens is 446 g/mol. The average molecular weight is 466 g/mol. The summed E-state index contributed by atoms with van der Waals surface area (Å²) in [7, 11) is 1.51. The van der Waals surface area contributed by atoms with E-state index in [1.54, 1.807) is 66.7 Å². The summed E-state index contributed by atoms with van der Waals surface area (Å²) in [5, 5.41) is 6.68. The first kappa shape index (κ1) is 23.5. The van der Waals surface area contributed by atoms with Crippen molar-refractivity contribution in [3.8, 4) is 11.5 Å². The van der Waals surface area contributed by atoms with Crippen LogP contribution < -0.4 is 20.2 Å². The molecule has 8 nitrogen and oxygen atoms in total. The van der Waals surface area contributed by atoms with Crippen molar-refractivity contribution < 1.29 is 23.9 Å². The second kappa shape index (κ2) is 10.9. The van der Waals surface area contributed by atoms with Gasteiger partial charge in [0.2, 0.25) is 0 Å². The van der Waals surface area contributed by atoms with E-state index >= 15 is 0 Å². The minimum Gasteiger partial charge on any atom is -0.497 e. The predicted molar refractivity (Wildman–Crippen MR) is 125 cm³/mol. The van der Waals surface area contributed by atoms with Crippen LogP contribution in [0.3, 0.4) is 0 Å². The monoisotopic (exact) mass is 465 g/mol. The Hall–Kier alpha value is -4.17. The van der Waals surface area contributed by atoms with Crippen molar-refractivity contribution in [1.29, 1.82) is 0 Å². The molecule has 0 unspecified atom stereocenters. The molecule has 33 heavy (non-hydrogen) atoms. The maximum atomic E-state index is 12.3. The van der Waals surface area contributed by atoms with Gasteiger partial charge in [0.05, 0.1) is 18.9 Å². The van der Waals surface area contributed by atoms with Crippen LogP contribution in [0, 0.1) is 6.92 Å². The molecule has 0 saturated heterocycles. The molecule has 9 heteroatoms. The molecule has 0 aliphatic heterocycles. The molecule has 168 valence electrons. The van der Waals surface area contributed by atoms with Gasteiger partial charge in [-0.3, -0.25) is 9.59 Å². The highest BCUT2D eigenvalue weighted by molar-refractivity contribution is 6.39. The lowest BCUT2D eigenvalue weighted by Crippen LogP contribution is -2.32. The van der Waals surface area contributed by atoms with Crippen molar-refractivity contribution in [3.63, 3.8) is 0 Å². The van der Waals surface area contributed by atoms with Gasteiger partial charge in [0.15, 0.2) is 0 Å². The molecule has 0 atom stereocenters. The topological polar surface area (TPSA) is 106 Å². The number of anilines is 1. The van der Waals surface area contributed by atoms with Gasteiger partial charge >= 0.3 is 17.8 Å². The van der Waals surface area contributed by atoms with Crippen molar-refractivity contribution in [2.24, 2.45) is 5.10 Å². The summed E-state index contributed by atoms with van der Waals surface area (Å²) in [6, 6.07) is 18.0. The Kier molecular flexibility index (Phi) is 7.77. The quantitative estimate of drug-likeness (QED) is 0.188. The maximum absolute atomic E-state index is 12.3. The number of carbonyl (C=O) groups is 3. The van der Waals surface area contributed by atoms with Gasteiger partial charge in [-0.1, -0.05) is 35.9 Å². The van der Waals surface area contributed by atoms with Gasteiger partial charge in [-0.15, -0.1) is 0 Å². The normalized spacial score (nSPS) is 10.5. The average Bonchev–Trinajstić information content (AvgIpc) is 2.81. The number of rotatable bonds is 6. The third kappa shape index (κ3) is 6.65. The van der Waals surface area contributed by atoms with Crippen LogP contribution in [0.15, 0.2) is 71.8 Å². The highest BCUT2D eigenvalue weighted by atomic mass is 35.5. The van der Waals surface area contributed by atoms with Crippen LogP contribution in [0.25, 0.3) is 0 Å². The Morgan fingerprint density at radius 1 is 0.939 bits per heavy atom.